The Morgan fingerprint density at radius 1 is 1.13 bits per heavy atom. The van der Waals surface area contributed by atoms with Gasteiger partial charge in [-0.05, 0) is 30.7 Å². The second-order valence-corrected chi connectivity index (χ2v) is 8.10. The number of anilines is 2. The first-order chi connectivity index (χ1) is 10.7. The van der Waals surface area contributed by atoms with E-state index in [2.05, 4.69) is 5.32 Å². The largest absolute Gasteiger partial charge is 0.378 e. The molecule has 0 radical (unpaired) electrons. The fourth-order valence-corrected chi connectivity index (χ4v) is 4.21. The zero-order chi connectivity index (χ0) is 17.2. The van der Waals surface area contributed by atoms with E-state index < -0.39 is 27.7 Å². The topological polar surface area (TPSA) is 86.8 Å². The minimum atomic E-state index is -3.10. The van der Waals surface area contributed by atoms with Crippen LogP contribution in [0.2, 0.25) is 0 Å². The van der Waals surface area contributed by atoms with Crippen LogP contribution in [0.25, 0.3) is 0 Å². The van der Waals surface area contributed by atoms with Crippen molar-refractivity contribution in [3.05, 3.63) is 24.3 Å². The lowest BCUT2D eigenvalue weighted by atomic mass is 10.2. The van der Waals surface area contributed by atoms with Gasteiger partial charge in [-0.25, -0.2) is 8.42 Å². The van der Waals surface area contributed by atoms with Crippen LogP contribution in [0, 0.1) is 0 Å². The number of amides is 2. The number of carbonyl (C=O) groups is 2. The molecule has 2 rings (SSSR count). The molecule has 126 valence electrons. The van der Waals surface area contributed by atoms with Crippen LogP contribution >= 0.6 is 0 Å². The molecule has 1 unspecified atom stereocenters. The third-order valence-corrected chi connectivity index (χ3v) is 5.66. The molecule has 1 fully saturated rings. The van der Waals surface area contributed by atoms with Crippen LogP contribution in [0.15, 0.2) is 24.3 Å². The SMILES string of the molecule is CN(C)c1ccc(NC(=O)C(=O)N(C)C2CCS(=O)(=O)C2)cc1. The number of nitrogens with zero attached hydrogens (tertiary/aromatic N) is 2. The van der Waals surface area contributed by atoms with Crippen LogP contribution in [-0.4, -0.2) is 63.8 Å². The highest BCUT2D eigenvalue weighted by Crippen LogP contribution is 2.18. The molecular formula is C15H21N3O4S. The van der Waals surface area contributed by atoms with Crippen LogP contribution in [0.1, 0.15) is 6.42 Å². The summed E-state index contributed by atoms with van der Waals surface area (Å²) in [5, 5.41) is 2.53. The molecule has 1 saturated heterocycles. The Morgan fingerprint density at radius 2 is 1.74 bits per heavy atom. The van der Waals surface area contributed by atoms with Gasteiger partial charge in [0.25, 0.3) is 0 Å². The quantitative estimate of drug-likeness (QED) is 0.803. The summed E-state index contributed by atoms with van der Waals surface area (Å²) in [5.41, 5.74) is 1.49. The average molecular weight is 339 g/mol. The zero-order valence-corrected chi connectivity index (χ0v) is 14.3. The third kappa shape index (κ3) is 4.22. The van der Waals surface area contributed by atoms with E-state index in [1.165, 1.54) is 11.9 Å². The Kier molecular flexibility index (Phi) is 4.93. The van der Waals surface area contributed by atoms with E-state index >= 15 is 0 Å². The summed E-state index contributed by atoms with van der Waals surface area (Å²) in [6.07, 6.45) is 0.370. The van der Waals surface area contributed by atoms with Crippen molar-refractivity contribution >= 4 is 33.0 Å². The Morgan fingerprint density at radius 3 is 2.22 bits per heavy atom. The van der Waals surface area contributed by atoms with Crippen LogP contribution in [-0.2, 0) is 19.4 Å². The molecule has 1 aromatic carbocycles. The van der Waals surface area contributed by atoms with E-state index in [4.69, 9.17) is 0 Å². The molecule has 0 bridgehead atoms. The second kappa shape index (κ2) is 6.57. The molecule has 1 heterocycles. The van der Waals surface area contributed by atoms with Crippen LogP contribution in [0.3, 0.4) is 0 Å². The normalized spacial score (nSPS) is 19.2. The zero-order valence-electron chi connectivity index (χ0n) is 13.4. The van der Waals surface area contributed by atoms with Crippen molar-refractivity contribution in [3.63, 3.8) is 0 Å². The molecule has 1 aromatic rings. The average Bonchev–Trinajstić information content (AvgIpc) is 2.86. The second-order valence-electron chi connectivity index (χ2n) is 5.87. The molecular weight excluding hydrogens is 318 g/mol. The van der Waals surface area contributed by atoms with E-state index in [0.717, 1.165) is 5.69 Å². The van der Waals surface area contributed by atoms with Crippen molar-refractivity contribution in [1.29, 1.82) is 0 Å². The number of likely N-dealkylation sites (N-methyl/N-ethyl adjacent to an activating group) is 1. The van der Waals surface area contributed by atoms with Crippen molar-refractivity contribution in [2.75, 3.05) is 42.9 Å². The summed E-state index contributed by atoms with van der Waals surface area (Å²) in [6.45, 7) is 0. The van der Waals surface area contributed by atoms with E-state index in [1.807, 2.05) is 31.1 Å². The molecule has 7 nitrogen and oxygen atoms in total. The van der Waals surface area contributed by atoms with Gasteiger partial charge in [0.2, 0.25) is 0 Å². The van der Waals surface area contributed by atoms with E-state index in [9.17, 15) is 18.0 Å². The molecule has 1 aliphatic rings. The molecule has 1 N–H and O–H groups in total. The van der Waals surface area contributed by atoms with Crippen molar-refractivity contribution in [2.24, 2.45) is 0 Å². The molecule has 0 aliphatic carbocycles. The fraction of sp³-hybridized carbons (Fsp3) is 0.467. The number of nitrogens with one attached hydrogen (secondary N) is 1. The number of rotatable bonds is 3. The van der Waals surface area contributed by atoms with E-state index in [0.29, 0.717) is 12.1 Å². The molecule has 1 atom stereocenters. The van der Waals surface area contributed by atoms with Gasteiger partial charge >= 0.3 is 11.8 Å². The Balaban J connectivity index is 1.98. The number of hydrogen-bond acceptors (Lipinski definition) is 5. The summed E-state index contributed by atoms with van der Waals surface area (Å²) < 4.78 is 22.9. The number of sulfone groups is 1. The van der Waals surface area contributed by atoms with Gasteiger partial charge in [-0.3, -0.25) is 9.59 Å². The standard InChI is InChI=1S/C15H21N3O4S/c1-17(2)12-6-4-11(5-7-12)16-14(19)15(20)18(3)13-8-9-23(21,22)10-13/h4-7,13H,8-10H2,1-3H3,(H,16,19). The minimum absolute atomic E-state index is 0.0584. The lowest BCUT2D eigenvalue weighted by molar-refractivity contribution is -0.143. The smallest absolute Gasteiger partial charge is 0.313 e. The van der Waals surface area contributed by atoms with Crippen LogP contribution < -0.4 is 10.2 Å². The molecule has 0 spiro atoms. The van der Waals surface area contributed by atoms with Gasteiger partial charge in [0.1, 0.15) is 0 Å². The Bertz CT molecular complexity index is 698. The first-order valence-corrected chi connectivity index (χ1v) is 9.08. The van der Waals surface area contributed by atoms with Crippen molar-refractivity contribution in [3.8, 4) is 0 Å². The van der Waals surface area contributed by atoms with Gasteiger partial charge in [0.15, 0.2) is 9.84 Å². The number of hydrogen-bond donors (Lipinski definition) is 1. The van der Waals surface area contributed by atoms with Crippen LogP contribution in [0.4, 0.5) is 11.4 Å². The highest BCUT2D eigenvalue weighted by Gasteiger charge is 2.34. The minimum Gasteiger partial charge on any atom is -0.378 e. The highest BCUT2D eigenvalue weighted by molar-refractivity contribution is 7.91. The molecule has 2 amide bonds. The maximum Gasteiger partial charge on any atom is 0.313 e. The van der Waals surface area contributed by atoms with Gasteiger partial charge in [-0.1, -0.05) is 0 Å². The predicted molar refractivity (Wildman–Crippen MR) is 89.2 cm³/mol. The molecule has 0 aromatic heterocycles. The van der Waals surface area contributed by atoms with E-state index in [1.54, 1.807) is 12.1 Å². The first kappa shape index (κ1) is 17.3. The summed E-state index contributed by atoms with van der Waals surface area (Å²) in [7, 11) is 2.17. The van der Waals surface area contributed by atoms with Crippen molar-refractivity contribution in [1.82, 2.24) is 4.90 Å². The molecule has 0 saturated carbocycles. The van der Waals surface area contributed by atoms with Gasteiger partial charge in [-0.2, -0.15) is 0 Å². The number of carbonyl (C=O) groups excluding carboxylic acids is 2. The molecule has 23 heavy (non-hydrogen) atoms. The summed E-state index contributed by atoms with van der Waals surface area (Å²) in [4.78, 5) is 27.3. The van der Waals surface area contributed by atoms with Crippen LogP contribution in [0.5, 0.6) is 0 Å². The fourth-order valence-electron chi connectivity index (χ4n) is 2.43. The maximum atomic E-state index is 12.1. The summed E-state index contributed by atoms with van der Waals surface area (Å²) in [6, 6.07) is 6.64. The predicted octanol–water partition coefficient (Wildman–Crippen LogP) is 0.337. The van der Waals surface area contributed by atoms with E-state index in [-0.39, 0.29) is 11.5 Å². The van der Waals surface area contributed by atoms with Gasteiger partial charge in [-0.15, -0.1) is 0 Å². The van der Waals surface area contributed by atoms with Gasteiger partial charge < -0.3 is 15.1 Å². The molecule has 8 heteroatoms. The van der Waals surface area contributed by atoms with Gasteiger partial charge in [0.05, 0.1) is 11.5 Å². The maximum absolute atomic E-state index is 12.1. The third-order valence-electron chi connectivity index (χ3n) is 3.91. The summed E-state index contributed by atoms with van der Waals surface area (Å²) >= 11 is 0. The van der Waals surface area contributed by atoms with Gasteiger partial charge in [0, 0.05) is 38.6 Å². The first-order valence-electron chi connectivity index (χ1n) is 7.25. The Labute approximate surface area is 136 Å². The lowest BCUT2D eigenvalue weighted by Crippen LogP contribution is -2.43. The molecule has 1 aliphatic heterocycles. The monoisotopic (exact) mass is 339 g/mol. The summed E-state index contributed by atoms with van der Waals surface area (Å²) in [5.74, 6) is -1.53. The number of benzene rings is 1. The van der Waals surface area contributed by atoms with Crippen molar-refractivity contribution in [2.45, 2.75) is 12.5 Å². The Hall–Kier alpha value is -2.09. The lowest BCUT2D eigenvalue weighted by Gasteiger charge is -2.22. The highest BCUT2D eigenvalue weighted by atomic mass is 32.2. The van der Waals surface area contributed by atoms with Crippen molar-refractivity contribution < 1.29 is 18.0 Å².